The molecule has 0 aliphatic carbocycles. The maximum Gasteiger partial charge on any atom is 0.248 e. The van der Waals surface area contributed by atoms with Gasteiger partial charge in [0.15, 0.2) is 11.5 Å². The molecule has 0 heterocycles. The largest absolute Gasteiger partial charge is 0.493 e. The van der Waals surface area contributed by atoms with E-state index in [9.17, 15) is 4.79 Å². The van der Waals surface area contributed by atoms with E-state index in [1.54, 1.807) is 34.3 Å². The molecule has 0 unspecified atom stereocenters. The third-order valence-electron chi connectivity index (χ3n) is 3.48. The Morgan fingerprint density at radius 2 is 1.62 bits per heavy atom. The first-order chi connectivity index (χ1) is 11.6. The third kappa shape index (κ3) is 3.68. The molecular weight excluding hydrogens is 306 g/mol. The second-order valence-electron chi connectivity index (χ2n) is 4.95. The fourth-order valence-electron chi connectivity index (χ4n) is 2.41. The van der Waals surface area contributed by atoms with E-state index in [1.807, 2.05) is 36.4 Å². The quantitative estimate of drug-likeness (QED) is 0.818. The summed E-state index contributed by atoms with van der Waals surface area (Å²) in [4.78, 5) is 11.9. The van der Waals surface area contributed by atoms with Crippen molar-refractivity contribution in [1.82, 2.24) is 0 Å². The van der Waals surface area contributed by atoms with Gasteiger partial charge in [-0.3, -0.25) is 4.79 Å². The molecule has 0 aromatic heterocycles. The minimum Gasteiger partial charge on any atom is -0.493 e. The molecule has 2 aromatic carbocycles. The van der Waals surface area contributed by atoms with Crippen molar-refractivity contribution in [2.24, 2.45) is 0 Å². The Kier molecular flexibility index (Phi) is 5.84. The summed E-state index contributed by atoms with van der Waals surface area (Å²) < 4.78 is 16.1. The molecular formula is C19H21NO4. The van der Waals surface area contributed by atoms with Gasteiger partial charge in [0.05, 0.1) is 21.3 Å². The molecule has 0 bridgehead atoms. The van der Waals surface area contributed by atoms with Crippen LogP contribution in [0.2, 0.25) is 0 Å². The number of carbonyl (C=O) groups is 1. The van der Waals surface area contributed by atoms with E-state index < -0.39 is 0 Å². The van der Waals surface area contributed by atoms with Gasteiger partial charge in [-0.15, -0.1) is 0 Å². The van der Waals surface area contributed by atoms with E-state index in [4.69, 9.17) is 14.2 Å². The number of para-hydroxylation sites is 1. The summed E-state index contributed by atoms with van der Waals surface area (Å²) in [7, 11) is 4.70. The number of hydrogen-bond donors (Lipinski definition) is 1. The second-order valence-corrected chi connectivity index (χ2v) is 4.95. The Balaban J connectivity index is 2.54. The van der Waals surface area contributed by atoms with Gasteiger partial charge in [-0.1, -0.05) is 24.3 Å². The lowest BCUT2D eigenvalue weighted by Crippen LogP contribution is -2.08. The molecule has 0 fully saturated rings. The zero-order chi connectivity index (χ0) is 17.5. The number of carbonyl (C=O) groups excluding carboxylic acids is 1. The van der Waals surface area contributed by atoms with E-state index in [0.717, 1.165) is 11.1 Å². The highest BCUT2D eigenvalue weighted by atomic mass is 16.5. The van der Waals surface area contributed by atoms with Gasteiger partial charge in [-0.2, -0.15) is 0 Å². The predicted molar refractivity (Wildman–Crippen MR) is 95.0 cm³/mol. The van der Waals surface area contributed by atoms with Crippen molar-refractivity contribution in [1.29, 1.82) is 0 Å². The monoisotopic (exact) mass is 327 g/mol. The van der Waals surface area contributed by atoms with Gasteiger partial charge in [0, 0.05) is 11.3 Å². The Morgan fingerprint density at radius 1 is 1.00 bits per heavy atom. The number of rotatable bonds is 6. The Hall–Kier alpha value is -2.95. The molecule has 1 N–H and O–H groups in total. The van der Waals surface area contributed by atoms with Gasteiger partial charge < -0.3 is 19.5 Å². The van der Waals surface area contributed by atoms with Crippen molar-refractivity contribution in [2.45, 2.75) is 6.92 Å². The molecule has 5 nitrogen and oxygen atoms in total. The highest BCUT2D eigenvalue weighted by Gasteiger charge is 2.16. The van der Waals surface area contributed by atoms with Crippen molar-refractivity contribution in [3.05, 3.63) is 48.6 Å². The van der Waals surface area contributed by atoms with Gasteiger partial charge in [0.1, 0.15) is 0 Å². The molecule has 0 spiro atoms. The molecule has 2 rings (SSSR count). The second kappa shape index (κ2) is 8.06. The van der Waals surface area contributed by atoms with Crippen LogP contribution in [0.4, 0.5) is 5.69 Å². The van der Waals surface area contributed by atoms with E-state index in [2.05, 4.69) is 5.32 Å². The molecule has 24 heavy (non-hydrogen) atoms. The van der Waals surface area contributed by atoms with Gasteiger partial charge in [-0.05, 0) is 36.8 Å². The Bertz CT molecular complexity index is 728. The van der Waals surface area contributed by atoms with E-state index >= 15 is 0 Å². The van der Waals surface area contributed by atoms with Gasteiger partial charge in [-0.25, -0.2) is 0 Å². The first kappa shape index (κ1) is 17.4. The minimum atomic E-state index is -0.183. The van der Waals surface area contributed by atoms with Gasteiger partial charge in [0.25, 0.3) is 0 Å². The van der Waals surface area contributed by atoms with Crippen molar-refractivity contribution in [3.8, 4) is 28.4 Å². The average Bonchev–Trinajstić information content (AvgIpc) is 2.61. The van der Waals surface area contributed by atoms with Crippen LogP contribution in [0.15, 0.2) is 48.6 Å². The summed E-state index contributed by atoms with van der Waals surface area (Å²) in [5, 5.41) is 2.87. The number of allylic oxidation sites excluding steroid dienone is 1. The molecule has 0 aliphatic heterocycles. The molecule has 5 heteroatoms. The molecule has 126 valence electrons. The summed E-state index contributed by atoms with van der Waals surface area (Å²) in [6, 6.07) is 11.2. The smallest absolute Gasteiger partial charge is 0.248 e. The lowest BCUT2D eigenvalue weighted by Gasteiger charge is -2.16. The molecule has 0 aliphatic rings. The highest BCUT2D eigenvalue weighted by molar-refractivity contribution is 6.02. The highest BCUT2D eigenvalue weighted by Crippen LogP contribution is 2.42. The topological polar surface area (TPSA) is 56.8 Å². The number of methoxy groups -OCH3 is 3. The predicted octanol–water partition coefficient (Wildman–Crippen LogP) is 3.89. The lowest BCUT2D eigenvalue weighted by molar-refractivity contribution is -0.111. The van der Waals surface area contributed by atoms with E-state index in [-0.39, 0.29) is 5.91 Å². The molecule has 1 amide bonds. The fourth-order valence-corrected chi connectivity index (χ4v) is 2.41. The van der Waals surface area contributed by atoms with Crippen LogP contribution in [0.3, 0.4) is 0 Å². The molecule has 0 atom stereocenters. The number of nitrogens with one attached hydrogen (secondary N) is 1. The van der Waals surface area contributed by atoms with Crippen molar-refractivity contribution in [3.63, 3.8) is 0 Å². The number of benzene rings is 2. The molecule has 0 saturated carbocycles. The van der Waals surface area contributed by atoms with Crippen molar-refractivity contribution in [2.75, 3.05) is 26.6 Å². The maximum atomic E-state index is 11.9. The lowest BCUT2D eigenvalue weighted by atomic mass is 10.0. The molecule has 0 saturated heterocycles. The number of hydrogen-bond acceptors (Lipinski definition) is 4. The number of amides is 1. The average molecular weight is 327 g/mol. The SMILES string of the molecule is C/C=C/C(=O)Nc1ccccc1-c1cc(OC)c(OC)c(OC)c1. The summed E-state index contributed by atoms with van der Waals surface area (Å²) in [6.45, 7) is 1.80. The zero-order valence-electron chi connectivity index (χ0n) is 14.3. The van der Waals surface area contributed by atoms with Crippen LogP contribution in [0.1, 0.15) is 6.92 Å². The summed E-state index contributed by atoms with van der Waals surface area (Å²) in [5.41, 5.74) is 2.41. The standard InChI is InChI=1S/C19H21NO4/c1-5-8-18(21)20-15-10-7-6-9-14(15)13-11-16(22-2)19(24-4)17(12-13)23-3/h5-12H,1-4H3,(H,20,21)/b8-5+. The van der Waals surface area contributed by atoms with E-state index in [0.29, 0.717) is 22.9 Å². The van der Waals surface area contributed by atoms with Crippen LogP contribution in [0.5, 0.6) is 17.2 Å². The van der Waals surface area contributed by atoms with Crippen molar-refractivity contribution < 1.29 is 19.0 Å². The number of ether oxygens (including phenoxy) is 3. The van der Waals surface area contributed by atoms with Gasteiger partial charge >= 0.3 is 0 Å². The van der Waals surface area contributed by atoms with Crippen LogP contribution in [0.25, 0.3) is 11.1 Å². The molecule has 0 radical (unpaired) electrons. The minimum absolute atomic E-state index is 0.183. The number of anilines is 1. The van der Waals surface area contributed by atoms with Crippen LogP contribution in [-0.4, -0.2) is 27.2 Å². The fraction of sp³-hybridized carbons (Fsp3) is 0.211. The Morgan fingerprint density at radius 3 is 2.17 bits per heavy atom. The molecule has 2 aromatic rings. The first-order valence-corrected chi connectivity index (χ1v) is 7.47. The Labute approximate surface area is 141 Å². The van der Waals surface area contributed by atoms with Crippen molar-refractivity contribution >= 4 is 11.6 Å². The van der Waals surface area contributed by atoms with Gasteiger partial charge in [0.2, 0.25) is 11.7 Å². The third-order valence-corrected chi connectivity index (χ3v) is 3.48. The summed E-state index contributed by atoms with van der Waals surface area (Å²) in [5.74, 6) is 1.46. The summed E-state index contributed by atoms with van der Waals surface area (Å²) >= 11 is 0. The van der Waals surface area contributed by atoms with Crippen LogP contribution < -0.4 is 19.5 Å². The van der Waals surface area contributed by atoms with E-state index in [1.165, 1.54) is 6.08 Å². The summed E-state index contributed by atoms with van der Waals surface area (Å²) in [6.07, 6.45) is 3.17. The first-order valence-electron chi connectivity index (χ1n) is 7.47. The normalized spacial score (nSPS) is 10.5. The van der Waals surface area contributed by atoms with Crippen LogP contribution >= 0.6 is 0 Å². The van der Waals surface area contributed by atoms with Crippen LogP contribution in [-0.2, 0) is 4.79 Å². The van der Waals surface area contributed by atoms with Crippen LogP contribution in [0, 0.1) is 0 Å². The maximum absolute atomic E-state index is 11.9. The zero-order valence-corrected chi connectivity index (χ0v) is 14.3.